The van der Waals surface area contributed by atoms with E-state index in [1.807, 2.05) is 28.5 Å². The number of halogens is 1. The quantitative estimate of drug-likeness (QED) is 0.664. The molecule has 2 aliphatic rings. The number of amides is 1. The molecule has 2 aromatic heterocycles. The minimum absolute atomic E-state index is 0.0201. The molecule has 3 aromatic rings. The molecule has 1 N–H and O–H groups in total. The van der Waals surface area contributed by atoms with Crippen LogP contribution in [-0.4, -0.2) is 43.6 Å². The Bertz CT molecular complexity index is 1290. The van der Waals surface area contributed by atoms with Crippen LogP contribution in [0, 0.1) is 12.8 Å². The second-order valence-corrected chi connectivity index (χ2v) is 8.97. The number of rotatable bonds is 2. The average molecular weight is 438 g/mol. The number of hydrogen-bond donors (Lipinski definition) is 1. The second kappa shape index (κ2) is 7.64. The molecule has 0 spiro atoms. The smallest absolute Gasteiger partial charge is 0.280 e. The first-order valence-corrected chi connectivity index (χ1v) is 11.0. The lowest BCUT2D eigenvalue weighted by atomic mass is 9.87. The Morgan fingerprint density at radius 2 is 2.13 bits per heavy atom. The maximum absolute atomic E-state index is 13.2. The maximum Gasteiger partial charge on any atom is 0.280 e. The van der Waals surface area contributed by atoms with Crippen LogP contribution in [0.15, 0.2) is 29.1 Å². The van der Waals surface area contributed by atoms with Crippen LogP contribution in [0.3, 0.4) is 0 Å². The average Bonchev–Trinajstić information content (AvgIpc) is 3.17. The van der Waals surface area contributed by atoms with Crippen LogP contribution in [0.5, 0.6) is 0 Å². The highest BCUT2D eigenvalue weighted by atomic mass is 35.5. The van der Waals surface area contributed by atoms with Gasteiger partial charge in [-0.1, -0.05) is 18.5 Å². The lowest BCUT2D eigenvalue weighted by Crippen LogP contribution is -2.36. The normalized spacial score (nSPS) is 18.7. The molecule has 160 valence electrons. The van der Waals surface area contributed by atoms with Crippen molar-refractivity contribution in [1.82, 2.24) is 24.6 Å². The molecule has 31 heavy (non-hydrogen) atoms. The number of aryl methyl sites for hydroxylation is 2. The summed E-state index contributed by atoms with van der Waals surface area (Å²) in [7, 11) is 0. The number of hydrogen-bond acceptors (Lipinski definition) is 4. The monoisotopic (exact) mass is 437 g/mol. The lowest BCUT2D eigenvalue weighted by Gasteiger charge is -2.28. The molecule has 7 nitrogen and oxygen atoms in total. The minimum Gasteiger partial charge on any atom is -0.333 e. The molecule has 0 bridgehead atoms. The van der Waals surface area contributed by atoms with Crippen molar-refractivity contribution in [2.45, 2.75) is 39.5 Å². The fourth-order valence-electron chi connectivity index (χ4n) is 4.71. The number of H-pyrrole nitrogens is 1. The molecule has 8 heteroatoms. The zero-order chi connectivity index (χ0) is 21.7. The van der Waals surface area contributed by atoms with Crippen LogP contribution >= 0.6 is 11.6 Å². The van der Waals surface area contributed by atoms with Gasteiger partial charge < -0.3 is 9.47 Å². The standard InChI is InChI=1S/C23H24ClN5O2/c1-13-3-5-19-17(11-13)21(27-26-19)23(31)28-9-7-16(8-10-28)29-14(2)25-22(30)18-12-15(24)4-6-20(18)29/h4,6-7,12-13H,3,5,8-11H2,1-2H3,(H,26,27)/t13-/m0/s1. The van der Waals surface area contributed by atoms with Crippen molar-refractivity contribution in [2.75, 3.05) is 13.1 Å². The number of carbonyl (C=O) groups excluding carboxylic acids is 1. The second-order valence-electron chi connectivity index (χ2n) is 8.53. The van der Waals surface area contributed by atoms with Crippen molar-refractivity contribution < 1.29 is 4.79 Å². The molecule has 0 saturated heterocycles. The Morgan fingerprint density at radius 3 is 2.90 bits per heavy atom. The van der Waals surface area contributed by atoms with Crippen LogP contribution in [0.2, 0.25) is 5.02 Å². The van der Waals surface area contributed by atoms with Gasteiger partial charge in [-0.15, -0.1) is 0 Å². The Labute approximate surface area is 184 Å². The Morgan fingerprint density at radius 1 is 1.29 bits per heavy atom. The van der Waals surface area contributed by atoms with Crippen molar-refractivity contribution in [2.24, 2.45) is 5.92 Å². The van der Waals surface area contributed by atoms with E-state index in [1.165, 1.54) is 0 Å². The van der Waals surface area contributed by atoms with Gasteiger partial charge >= 0.3 is 0 Å². The van der Waals surface area contributed by atoms with Crippen molar-refractivity contribution >= 4 is 34.1 Å². The van der Waals surface area contributed by atoms with Gasteiger partial charge in [0, 0.05) is 41.5 Å². The molecule has 1 aliphatic carbocycles. The van der Waals surface area contributed by atoms with Crippen LogP contribution in [0.4, 0.5) is 0 Å². The summed E-state index contributed by atoms with van der Waals surface area (Å²) in [6, 6.07) is 5.28. The van der Waals surface area contributed by atoms with Crippen LogP contribution in [0.1, 0.15) is 47.3 Å². The summed E-state index contributed by atoms with van der Waals surface area (Å²) in [5.41, 5.74) is 4.29. The van der Waals surface area contributed by atoms with Gasteiger partial charge in [0.05, 0.1) is 10.9 Å². The van der Waals surface area contributed by atoms with E-state index in [9.17, 15) is 9.59 Å². The number of benzene rings is 1. The van der Waals surface area contributed by atoms with Crippen molar-refractivity contribution in [3.63, 3.8) is 0 Å². The first-order chi connectivity index (χ1) is 14.9. The topological polar surface area (TPSA) is 83.9 Å². The summed E-state index contributed by atoms with van der Waals surface area (Å²) in [6.45, 7) is 5.12. The third-order valence-corrected chi connectivity index (χ3v) is 6.61. The highest BCUT2D eigenvalue weighted by Crippen LogP contribution is 2.28. The van der Waals surface area contributed by atoms with Crippen LogP contribution < -0.4 is 5.56 Å². The van der Waals surface area contributed by atoms with Gasteiger partial charge in [-0.3, -0.25) is 14.7 Å². The fraction of sp³-hybridized carbons (Fsp3) is 0.391. The molecule has 5 rings (SSSR count). The van der Waals surface area contributed by atoms with Crippen molar-refractivity contribution in [1.29, 1.82) is 0 Å². The highest BCUT2D eigenvalue weighted by Gasteiger charge is 2.29. The van der Waals surface area contributed by atoms with E-state index < -0.39 is 0 Å². The van der Waals surface area contributed by atoms with E-state index in [2.05, 4.69) is 22.1 Å². The van der Waals surface area contributed by atoms with Crippen LogP contribution in [-0.2, 0) is 12.8 Å². The predicted octanol–water partition coefficient (Wildman–Crippen LogP) is 3.59. The van der Waals surface area contributed by atoms with Gasteiger partial charge in [0.15, 0.2) is 5.69 Å². The van der Waals surface area contributed by atoms with Gasteiger partial charge in [-0.2, -0.15) is 10.1 Å². The van der Waals surface area contributed by atoms with Crippen molar-refractivity contribution in [3.05, 3.63) is 62.4 Å². The van der Waals surface area contributed by atoms with E-state index >= 15 is 0 Å². The maximum atomic E-state index is 13.2. The van der Waals surface area contributed by atoms with Crippen LogP contribution in [0.25, 0.3) is 16.6 Å². The molecule has 0 radical (unpaired) electrons. The van der Waals surface area contributed by atoms with E-state index in [1.54, 1.807) is 12.1 Å². The fourth-order valence-corrected chi connectivity index (χ4v) is 4.88. The Kier molecular flexibility index (Phi) is 4.93. The molecular formula is C23H24ClN5O2. The zero-order valence-electron chi connectivity index (χ0n) is 17.6. The number of aromatic amines is 1. The molecule has 0 unspecified atom stereocenters. The SMILES string of the molecule is Cc1nc(=O)c2cc(Cl)ccc2n1C1=CCN(C(=O)c2n[nH]c3c2C[C@@H](C)CC3)CC1. The number of nitrogens with zero attached hydrogens (tertiary/aromatic N) is 4. The summed E-state index contributed by atoms with van der Waals surface area (Å²) < 4.78 is 1.99. The van der Waals surface area contributed by atoms with Gasteiger partial charge in [0.25, 0.3) is 11.5 Å². The minimum atomic E-state index is -0.281. The summed E-state index contributed by atoms with van der Waals surface area (Å²) in [5.74, 6) is 1.18. The molecule has 0 saturated carbocycles. The predicted molar refractivity (Wildman–Crippen MR) is 120 cm³/mol. The number of carbonyl (C=O) groups is 1. The number of nitrogens with one attached hydrogen (secondary N) is 1. The summed E-state index contributed by atoms with van der Waals surface area (Å²) in [4.78, 5) is 31.5. The van der Waals surface area contributed by atoms with E-state index in [-0.39, 0.29) is 11.5 Å². The van der Waals surface area contributed by atoms with Gasteiger partial charge in [-0.25, -0.2) is 0 Å². The Hall–Kier alpha value is -2.93. The molecule has 1 atom stereocenters. The Balaban J connectivity index is 1.44. The number of aromatic nitrogens is 4. The van der Waals surface area contributed by atoms with Gasteiger partial charge in [-0.05, 0) is 56.4 Å². The van der Waals surface area contributed by atoms with Gasteiger partial charge in [0.2, 0.25) is 0 Å². The van der Waals surface area contributed by atoms with E-state index in [4.69, 9.17) is 11.6 Å². The first-order valence-electron chi connectivity index (χ1n) is 10.7. The molecule has 1 aromatic carbocycles. The summed E-state index contributed by atoms with van der Waals surface area (Å²) in [5, 5.41) is 8.43. The number of fused-ring (bicyclic) bond motifs is 2. The molecule has 1 amide bonds. The molecule has 1 aliphatic heterocycles. The van der Waals surface area contributed by atoms with E-state index in [0.717, 1.165) is 41.7 Å². The summed E-state index contributed by atoms with van der Waals surface area (Å²) in [6.07, 6.45) is 5.69. The van der Waals surface area contributed by atoms with Crippen molar-refractivity contribution in [3.8, 4) is 0 Å². The van der Waals surface area contributed by atoms with Gasteiger partial charge in [0.1, 0.15) is 5.82 Å². The zero-order valence-corrected chi connectivity index (χ0v) is 18.4. The highest BCUT2D eigenvalue weighted by molar-refractivity contribution is 6.31. The molecule has 3 heterocycles. The third kappa shape index (κ3) is 3.47. The summed E-state index contributed by atoms with van der Waals surface area (Å²) >= 11 is 6.09. The van der Waals surface area contributed by atoms with E-state index in [0.29, 0.717) is 47.4 Å². The molecular weight excluding hydrogens is 414 g/mol. The first kappa shape index (κ1) is 20.0. The molecule has 0 fully saturated rings. The lowest BCUT2D eigenvalue weighted by molar-refractivity contribution is 0.0764. The largest absolute Gasteiger partial charge is 0.333 e. The third-order valence-electron chi connectivity index (χ3n) is 6.37.